The Bertz CT molecular complexity index is 423. The fraction of sp³-hybridized carbons (Fsp3) is 0.786. The van der Waals surface area contributed by atoms with Crippen molar-refractivity contribution in [3.05, 3.63) is 18.2 Å². The van der Waals surface area contributed by atoms with Gasteiger partial charge in [0, 0.05) is 37.6 Å². The van der Waals surface area contributed by atoms with Gasteiger partial charge in [-0.3, -0.25) is 4.90 Å². The molecule has 100 valence electrons. The second kappa shape index (κ2) is 4.35. The van der Waals surface area contributed by atoms with E-state index < -0.39 is 0 Å². The van der Waals surface area contributed by atoms with Crippen LogP contribution in [-0.2, 0) is 13.1 Å². The zero-order valence-electron chi connectivity index (χ0n) is 11.5. The second-order valence-electron chi connectivity index (χ2n) is 6.65. The number of nitrogens with zero attached hydrogens (tertiary/aromatic N) is 3. The van der Waals surface area contributed by atoms with Gasteiger partial charge in [0.05, 0.1) is 6.54 Å². The third-order valence-electron chi connectivity index (χ3n) is 4.65. The van der Waals surface area contributed by atoms with Gasteiger partial charge in [-0.2, -0.15) is 0 Å². The highest BCUT2D eigenvalue weighted by Crippen LogP contribution is 2.37. The largest absolute Gasteiger partial charge is 0.333 e. The lowest BCUT2D eigenvalue weighted by molar-refractivity contribution is 0.0577. The van der Waals surface area contributed by atoms with Crippen molar-refractivity contribution in [2.75, 3.05) is 6.54 Å². The summed E-state index contributed by atoms with van der Waals surface area (Å²) in [5.41, 5.74) is 6.80. The van der Waals surface area contributed by atoms with Crippen molar-refractivity contribution in [1.82, 2.24) is 14.5 Å². The van der Waals surface area contributed by atoms with Crippen LogP contribution >= 0.6 is 0 Å². The highest BCUT2D eigenvalue weighted by Gasteiger charge is 2.37. The lowest BCUT2D eigenvalue weighted by Gasteiger charge is -2.45. The first kappa shape index (κ1) is 12.2. The van der Waals surface area contributed by atoms with Crippen LogP contribution in [0.15, 0.2) is 12.4 Å². The van der Waals surface area contributed by atoms with E-state index in [1.807, 2.05) is 6.20 Å². The molecule has 2 aliphatic rings. The molecule has 3 rings (SSSR count). The van der Waals surface area contributed by atoms with Crippen molar-refractivity contribution in [1.29, 1.82) is 0 Å². The van der Waals surface area contributed by atoms with Crippen LogP contribution in [0.3, 0.4) is 0 Å². The summed E-state index contributed by atoms with van der Waals surface area (Å²) in [6.07, 6.45) is 7.62. The molecule has 1 fully saturated rings. The van der Waals surface area contributed by atoms with E-state index in [2.05, 4.69) is 34.5 Å². The van der Waals surface area contributed by atoms with Crippen molar-refractivity contribution < 1.29 is 0 Å². The van der Waals surface area contributed by atoms with Gasteiger partial charge in [0.2, 0.25) is 0 Å². The van der Waals surface area contributed by atoms with E-state index in [9.17, 15) is 0 Å². The van der Waals surface area contributed by atoms with Gasteiger partial charge in [-0.1, -0.05) is 13.8 Å². The highest BCUT2D eigenvalue weighted by molar-refractivity contribution is 5.00. The first-order chi connectivity index (χ1) is 8.55. The summed E-state index contributed by atoms with van der Waals surface area (Å²) in [4.78, 5) is 6.99. The quantitative estimate of drug-likeness (QED) is 0.821. The number of aromatic nitrogens is 2. The van der Waals surface area contributed by atoms with Gasteiger partial charge >= 0.3 is 0 Å². The molecule has 2 atom stereocenters. The maximum atomic E-state index is 6.36. The molecule has 18 heavy (non-hydrogen) atoms. The molecule has 0 radical (unpaired) electrons. The summed E-state index contributed by atoms with van der Waals surface area (Å²) in [7, 11) is 0. The van der Waals surface area contributed by atoms with Crippen LogP contribution in [-0.4, -0.2) is 33.1 Å². The standard InChI is InChI=1S/C14H24N4/c1-14(2)4-3-11(15)12(9-14)18-8-7-17-6-5-16-13(17)10-18/h5-6,11-12H,3-4,7-10,15H2,1-2H3. The Balaban J connectivity index is 1.75. The molecule has 0 aromatic carbocycles. The third-order valence-corrected chi connectivity index (χ3v) is 4.65. The predicted molar refractivity (Wildman–Crippen MR) is 72.0 cm³/mol. The highest BCUT2D eigenvalue weighted by atomic mass is 15.3. The number of imidazole rings is 1. The van der Waals surface area contributed by atoms with E-state index in [1.54, 1.807) is 0 Å². The summed E-state index contributed by atoms with van der Waals surface area (Å²) < 4.78 is 2.26. The smallest absolute Gasteiger partial charge is 0.122 e. The SMILES string of the molecule is CC1(C)CCC(N)C(N2CCn3ccnc3C2)C1. The molecule has 1 aromatic heterocycles. The maximum absolute atomic E-state index is 6.36. The Labute approximate surface area is 109 Å². The predicted octanol–water partition coefficient (Wildman–Crippen LogP) is 1.60. The molecule has 4 nitrogen and oxygen atoms in total. The molecule has 0 bridgehead atoms. The van der Waals surface area contributed by atoms with Crippen LogP contribution in [0.5, 0.6) is 0 Å². The van der Waals surface area contributed by atoms with Crippen molar-refractivity contribution >= 4 is 0 Å². The molecule has 1 aliphatic heterocycles. The summed E-state index contributed by atoms with van der Waals surface area (Å²) in [5.74, 6) is 1.19. The molecule has 0 spiro atoms. The second-order valence-corrected chi connectivity index (χ2v) is 6.65. The molecule has 0 saturated heterocycles. The molecule has 1 aromatic rings. The van der Waals surface area contributed by atoms with Gasteiger partial charge < -0.3 is 10.3 Å². The minimum absolute atomic E-state index is 0.333. The van der Waals surface area contributed by atoms with Crippen molar-refractivity contribution in [3.63, 3.8) is 0 Å². The molecule has 4 heteroatoms. The van der Waals surface area contributed by atoms with E-state index in [-0.39, 0.29) is 0 Å². The molecule has 2 heterocycles. The van der Waals surface area contributed by atoms with Gasteiger partial charge in [-0.15, -0.1) is 0 Å². The van der Waals surface area contributed by atoms with Crippen LogP contribution < -0.4 is 5.73 Å². The first-order valence-corrected chi connectivity index (χ1v) is 7.05. The average molecular weight is 248 g/mol. The lowest BCUT2D eigenvalue weighted by atomic mass is 9.72. The molecule has 2 unspecified atom stereocenters. The fourth-order valence-corrected chi connectivity index (χ4v) is 3.44. The Morgan fingerprint density at radius 2 is 2.22 bits per heavy atom. The van der Waals surface area contributed by atoms with Crippen molar-refractivity contribution in [2.45, 2.75) is 58.3 Å². The van der Waals surface area contributed by atoms with Crippen LogP contribution in [0.2, 0.25) is 0 Å². The summed E-state index contributed by atoms with van der Waals surface area (Å²) in [5, 5.41) is 0. The summed E-state index contributed by atoms with van der Waals surface area (Å²) >= 11 is 0. The number of hydrogen-bond acceptors (Lipinski definition) is 3. The Morgan fingerprint density at radius 1 is 1.39 bits per heavy atom. The third kappa shape index (κ3) is 2.19. The molecule has 2 N–H and O–H groups in total. The van der Waals surface area contributed by atoms with Crippen molar-refractivity contribution in [3.8, 4) is 0 Å². The minimum atomic E-state index is 0.333. The summed E-state index contributed by atoms with van der Waals surface area (Å²) in [6, 6.07) is 0.860. The minimum Gasteiger partial charge on any atom is -0.333 e. The lowest BCUT2D eigenvalue weighted by Crippen LogP contribution is -2.54. The van der Waals surface area contributed by atoms with E-state index in [0.717, 1.165) is 26.1 Å². The van der Waals surface area contributed by atoms with Crippen molar-refractivity contribution in [2.24, 2.45) is 11.1 Å². The Kier molecular flexibility index (Phi) is 2.94. The number of rotatable bonds is 1. The van der Waals surface area contributed by atoms with Gasteiger partial charge in [0.1, 0.15) is 5.82 Å². The topological polar surface area (TPSA) is 47.1 Å². The maximum Gasteiger partial charge on any atom is 0.122 e. The van der Waals surface area contributed by atoms with Gasteiger partial charge in [0.25, 0.3) is 0 Å². The van der Waals surface area contributed by atoms with E-state index in [1.165, 1.54) is 18.7 Å². The molecule has 1 saturated carbocycles. The van der Waals surface area contributed by atoms with Gasteiger partial charge in [-0.05, 0) is 24.7 Å². The molecular formula is C14H24N4. The fourth-order valence-electron chi connectivity index (χ4n) is 3.44. The molecule has 1 aliphatic carbocycles. The van der Waals surface area contributed by atoms with E-state index in [0.29, 0.717) is 17.5 Å². The van der Waals surface area contributed by atoms with Crippen LogP contribution in [0, 0.1) is 5.41 Å². The van der Waals surface area contributed by atoms with Crippen LogP contribution in [0.25, 0.3) is 0 Å². The molecule has 0 amide bonds. The Morgan fingerprint density at radius 3 is 3.06 bits per heavy atom. The van der Waals surface area contributed by atoms with Gasteiger partial charge in [0.15, 0.2) is 0 Å². The van der Waals surface area contributed by atoms with E-state index >= 15 is 0 Å². The monoisotopic (exact) mass is 248 g/mol. The Hall–Kier alpha value is -0.870. The van der Waals surface area contributed by atoms with E-state index in [4.69, 9.17) is 5.73 Å². The average Bonchev–Trinajstić information content (AvgIpc) is 2.79. The number of fused-ring (bicyclic) bond motifs is 1. The van der Waals surface area contributed by atoms with Gasteiger partial charge in [-0.25, -0.2) is 4.98 Å². The zero-order valence-corrected chi connectivity index (χ0v) is 11.5. The number of hydrogen-bond donors (Lipinski definition) is 1. The normalized spacial score (nSPS) is 32.2. The number of nitrogens with two attached hydrogens (primary N) is 1. The first-order valence-electron chi connectivity index (χ1n) is 7.05. The zero-order chi connectivity index (χ0) is 12.8. The van der Waals surface area contributed by atoms with Crippen LogP contribution in [0.1, 0.15) is 38.9 Å². The van der Waals surface area contributed by atoms with Crippen LogP contribution in [0.4, 0.5) is 0 Å². The summed E-state index contributed by atoms with van der Waals surface area (Å²) in [6.45, 7) is 7.87. The molecular weight excluding hydrogens is 224 g/mol.